The summed E-state index contributed by atoms with van der Waals surface area (Å²) in [5.41, 5.74) is 4.31. The zero-order chi connectivity index (χ0) is 10.8. The smallest absolute Gasteiger partial charge is 0.0177 e. The Morgan fingerprint density at radius 2 is 2.00 bits per heavy atom. The van der Waals surface area contributed by atoms with Gasteiger partial charge in [0.05, 0.1) is 0 Å². The van der Waals surface area contributed by atoms with E-state index in [1.807, 2.05) is 0 Å². The Balaban J connectivity index is 1.89. The first-order valence-corrected chi connectivity index (χ1v) is 6.78. The van der Waals surface area contributed by atoms with Crippen LogP contribution in [0.25, 0.3) is 0 Å². The second-order valence-corrected chi connectivity index (χ2v) is 5.99. The third-order valence-electron chi connectivity index (χ3n) is 3.41. The zero-order valence-electron chi connectivity index (χ0n) is 9.59. The van der Waals surface area contributed by atoms with Crippen LogP contribution < -0.4 is 0 Å². The number of halogens is 1. The van der Waals surface area contributed by atoms with E-state index in [2.05, 4.69) is 48.0 Å². The van der Waals surface area contributed by atoms with Gasteiger partial charge >= 0.3 is 0 Å². The Kier molecular flexibility index (Phi) is 3.50. The van der Waals surface area contributed by atoms with E-state index in [0.717, 1.165) is 10.7 Å². The summed E-state index contributed by atoms with van der Waals surface area (Å²) in [5, 5.41) is 0. The topological polar surface area (TPSA) is 0 Å². The minimum absolute atomic E-state index is 0.749. The molecule has 0 N–H and O–H groups in total. The lowest BCUT2D eigenvalue weighted by molar-refractivity contribution is 0.696. The van der Waals surface area contributed by atoms with Gasteiger partial charge in [0.25, 0.3) is 0 Å². The first kappa shape index (κ1) is 11.2. The molecule has 0 aromatic heterocycles. The number of alkyl halides is 1. The maximum Gasteiger partial charge on any atom is 0.0177 e. The molecule has 0 bridgehead atoms. The molecule has 0 saturated heterocycles. The van der Waals surface area contributed by atoms with Gasteiger partial charge in [-0.2, -0.15) is 0 Å². The van der Waals surface area contributed by atoms with Gasteiger partial charge in [-0.15, -0.1) is 0 Å². The molecule has 2 rings (SSSR count). The van der Waals surface area contributed by atoms with Crippen molar-refractivity contribution in [3.63, 3.8) is 0 Å². The lowest BCUT2D eigenvalue weighted by Crippen LogP contribution is -2.02. The fourth-order valence-corrected chi connectivity index (χ4v) is 2.71. The van der Waals surface area contributed by atoms with Crippen molar-refractivity contribution in [1.82, 2.24) is 0 Å². The third-order valence-corrected chi connectivity index (χ3v) is 4.62. The van der Waals surface area contributed by atoms with E-state index in [4.69, 9.17) is 0 Å². The van der Waals surface area contributed by atoms with Gasteiger partial charge in [-0.25, -0.2) is 0 Å². The fraction of sp³-hybridized carbons (Fsp3) is 0.571. The van der Waals surface area contributed by atoms with Gasteiger partial charge in [-0.05, 0) is 62.1 Å². The molecule has 82 valence electrons. The summed E-state index contributed by atoms with van der Waals surface area (Å²) in [5.74, 6) is 0.969. The fourth-order valence-electron chi connectivity index (χ4n) is 1.96. The molecular weight excluding hydrogens is 248 g/mol. The summed E-state index contributed by atoms with van der Waals surface area (Å²) < 4.78 is 0. The van der Waals surface area contributed by atoms with Crippen molar-refractivity contribution in [2.24, 2.45) is 5.92 Å². The Morgan fingerprint density at radius 1 is 1.27 bits per heavy atom. The normalized spacial score (nSPS) is 17.8. The first-order valence-electron chi connectivity index (χ1n) is 5.87. The summed E-state index contributed by atoms with van der Waals surface area (Å²) in [6.07, 6.45) is 5.37. The quantitative estimate of drug-likeness (QED) is 0.709. The summed E-state index contributed by atoms with van der Waals surface area (Å²) in [6, 6.07) is 6.85. The molecular formula is C14H19Br. The molecule has 1 saturated carbocycles. The van der Waals surface area contributed by atoms with E-state index >= 15 is 0 Å². The highest BCUT2D eigenvalue weighted by Crippen LogP contribution is 2.38. The largest absolute Gasteiger partial charge is 0.0888 e. The molecule has 15 heavy (non-hydrogen) atoms. The van der Waals surface area contributed by atoms with Crippen LogP contribution >= 0.6 is 15.9 Å². The Labute approximate surface area is 101 Å². The molecule has 0 radical (unpaired) electrons. The van der Waals surface area contributed by atoms with E-state index in [1.165, 1.54) is 42.4 Å². The number of benzene rings is 1. The van der Waals surface area contributed by atoms with Crippen molar-refractivity contribution in [3.05, 3.63) is 34.9 Å². The standard InChI is InChI=1S/C14H19Br/c1-10-3-4-12(9-11(10)2)5-8-14(15)13-6-7-13/h3-4,9,13-14H,5-8H2,1-2H3. The average Bonchev–Trinajstić information content (AvgIpc) is 3.03. The van der Waals surface area contributed by atoms with Gasteiger partial charge in [-0.3, -0.25) is 0 Å². The molecule has 1 aromatic carbocycles. The SMILES string of the molecule is Cc1ccc(CCC(Br)C2CC2)cc1C. The molecule has 1 aromatic rings. The van der Waals surface area contributed by atoms with Crippen molar-refractivity contribution in [3.8, 4) is 0 Å². The Morgan fingerprint density at radius 3 is 2.60 bits per heavy atom. The van der Waals surface area contributed by atoms with Crippen LogP contribution in [-0.2, 0) is 6.42 Å². The minimum Gasteiger partial charge on any atom is -0.0888 e. The van der Waals surface area contributed by atoms with Crippen molar-refractivity contribution in [2.45, 2.75) is 44.4 Å². The molecule has 1 unspecified atom stereocenters. The molecule has 0 aliphatic heterocycles. The Bertz CT molecular complexity index is 339. The maximum absolute atomic E-state index is 3.80. The van der Waals surface area contributed by atoms with Crippen LogP contribution in [0.2, 0.25) is 0 Å². The van der Waals surface area contributed by atoms with Crippen LogP contribution in [0.1, 0.15) is 36.0 Å². The van der Waals surface area contributed by atoms with Crippen LogP contribution in [0, 0.1) is 19.8 Å². The number of aryl methyl sites for hydroxylation is 3. The van der Waals surface area contributed by atoms with E-state index in [-0.39, 0.29) is 0 Å². The molecule has 1 heteroatoms. The van der Waals surface area contributed by atoms with Gasteiger partial charge < -0.3 is 0 Å². The van der Waals surface area contributed by atoms with Crippen LogP contribution in [0.15, 0.2) is 18.2 Å². The molecule has 0 spiro atoms. The molecule has 1 fully saturated rings. The van der Waals surface area contributed by atoms with Gasteiger partial charge in [0, 0.05) is 4.83 Å². The van der Waals surface area contributed by atoms with E-state index in [9.17, 15) is 0 Å². The summed E-state index contributed by atoms with van der Waals surface area (Å²) in [7, 11) is 0. The van der Waals surface area contributed by atoms with Gasteiger partial charge in [0.15, 0.2) is 0 Å². The highest BCUT2D eigenvalue weighted by Gasteiger charge is 2.28. The van der Waals surface area contributed by atoms with E-state index in [0.29, 0.717) is 0 Å². The molecule has 0 amide bonds. The maximum atomic E-state index is 3.80. The molecule has 1 aliphatic rings. The van der Waals surface area contributed by atoms with Crippen molar-refractivity contribution in [2.75, 3.05) is 0 Å². The monoisotopic (exact) mass is 266 g/mol. The molecule has 0 heterocycles. The summed E-state index contributed by atoms with van der Waals surface area (Å²) in [6.45, 7) is 4.38. The second-order valence-electron chi connectivity index (χ2n) is 4.81. The molecule has 0 nitrogen and oxygen atoms in total. The van der Waals surface area contributed by atoms with E-state index < -0.39 is 0 Å². The van der Waals surface area contributed by atoms with Crippen molar-refractivity contribution >= 4 is 15.9 Å². The highest BCUT2D eigenvalue weighted by atomic mass is 79.9. The van der Waals surface area contributed by atoms with Crippen molar-refractivity contribution < 1.29 is 0 Å². The lowest BCUT2D eigenvalue weighted by Gasteiger charge is -2.09. The predicted octanol–water partition coefficient (Wildman–Crippen LogP) is 4.41. The second kappa shape index (κ2) is 4.69. The number of rotatable bonds is 4. The molecule has 1 aliphatic carbocycles. The summed E-state index contributed by atoms with van der Waals surface area (Å²) in [4.78, 5) is 0.749. The predicted molar refractivity (Wildman–Crippen MR) is 69.7 cm³/mol. The van der Waals surface area contributed by atoms with Gasteiger partial charge in [-0.1, -0.05) is 34.1 Å². The van der Waals surface area contributed by atoms with Crippen LogP contribution in [-0.4, -0.2) is 4.83 Å². The molecule has 1 atom stereocenters. The van der Waals surface area contributed by atoms with Gasteiger partial charge in [0.2, 0.25) is 0 Å². The first-order chi connectivity index (χ1) is 7.16. The lowest BCUT2D eigenvalue weighted by atomic mass is 10.0. The van der Waals surface area contributed by atoms with Gasteiger partial charge in [0.1, 0.15) is 0 Å². The van der Waals surface area contributed by atoms with Crippen molar-refractivity contribution in [1.29, 1.82) is 0 Å². The minimum atomic E-state index is 0.749. The van der Waals surface area contributed by atoms with Crippen LogP contribution in [0.5, 0.6) is 0 Å². The van der Waals surface area contributed by atoms with Crippen LogP contribution in [0.3, 0.4) is 0 Å². The summed E-state index contributed by atoms with van der Waals surface area (Å²) >= 11 is 3.80. The number of hydrogen-bond donors (Lipinski definition) is 0. The highest BCUT2D eigenvalue weighted by molar-refractivity contribution is 9.09. The zero-order valence-corrected chi connectivity index (χ0v) is 11.2. The van der Waals surface area contributed by atoms with Crippen LogP contribution in [0.4, 0.5) is 0 Å². The van der Waals surface area contributed by atoms with E-state index in [1.54, 1.807) is 0 Å². The third kappa shape index (κ3) is 3.07. The average molecular weight is 267 g/mol. The number of hydrogen-bond acceptors (Lipinski definition) is 0. The Hall–Kier alpha value is -0.300.